The van der Waals surface area contributed by atoms with Gasteiger partial charge < -0.3 is 15.2 Å². The van der Waals surface area contributed by atoms with E-state index in [2.05, 4.69) is 27.8 Å². The van der Waals surface area contributed by atoms with Crippen molar-refractivity contribution in [1.82, 2.24) is 25.4 Å². The van der Waals surface area contributed by atoms with Crippen LogP contribution in [0.15, 0.2) is 24.5 Å². The van der Waals surface area contributed by atoms with Crippen LogP contribution in [0.5, 0.6) is 0 Å². The average Bonchev–Trinajstić information content (AvgIpc) is 3.05. The van der Waals surface area contributed by atoms with Crippen LogP contribution in [0, 0.1) is 11.7 Å². The Labute approximate surface area is 146 Å². The highest BCUT2D eigenvalue weighted by molar-refractivity contribution is 5.74. The quantitative estimate of drug-likeness (QED) is 0.875. The van der Waals surface area contributed by atoms with E-state index < -0.39 is 0 Å². The van der Waals surface area contributed by atoms with Crippen molar-refractivity contribution in [2.75, 3.05) is 6.54 Å². The average molecular weight is 345 g/mol. The number of carbonyl (C=O) groups excluding carboxylic acids is 1. The summed E-state index contributed by atoms with van der Waals surface area (Å²) in [6.45, 7) is 5.20. The molecule has 2 unspecified atom stereocenters. The SMILES string of the molecule is CCc1nncn1CCNC(=O)NC1c2cccc(F)c2CCC1C. The Morgan fingerprint density at radius 1 is 1.44 bits per heavy atom. The number of amides is 2. The van der Waals surface area contributed by atoms with Crippen LogP contribution in [0.4, 0.5) is 9.18 Å². The Bertz CT molecular complexity index is 745. The van der Waals surface area contributed by atoms with Crippen LogP contribution in [-0.2, 0) is 19.4 Å². The lowest BCUT2D eigenvalue weighted by molar-refractivity contribution is 0.229. The molecule has 2 atom stereocenters. The van der Waals surface area contributed by atoms with Gasteiger partial charge in [0.05, 0.1) is 6.04 Å². The van der Waals surface area contributed by atoms with Crippen molar-refractivity contribution in [3.63, 3.8) is 0 Å². The maximum absolute atomic E-state index is 14.0. The molecule has 0 fully saturated rings. The van der Waals surface area contributed by atoms with Gasteiger partial charge >= 0.3 is 6.03 Å². The third-order valence-corrected chi connectivity index (χ3v) is 4.85. The Morgan fingerprint density at radius 3 is 3.08 bits per heavy atom. The summed E-state index contributed by atoms with van der Waals surface area (Å²) in [6, 6.07) is 4.69. The fraction of sp³-hybridized carbons (Fsp3) is 0.500. The standard InChI is InChI=1S/C18H24FN5O/c1-3-16-23-21-11-24(16)10-9-20-18(25)22-17-12(2)7-8-13-14(17)5-4-6-15(13)19/h4-6,11-12,17H,3,7-10H2,1-2H3,(H2,20,22,25). The lowest BCUT2D eigenvalue weighted by Gasteiger charge is -2.32. The number of hydrogen-bond acceptors (Lipinski definition) is 3. The number of nitrogens with zero attached hydrogens (tertiary/aromatic N) is 3. The van der Waals surface area contributed by atoms with Gasteiger partial charge in [0.2, 0.25) is 0 Å². The molecule has 3 rings (SSSR count). The monoisotopic (exact) mass is 345 g/mol. The second-order valence-electron chi connectivity index (χ2n) is 6.50. The fourth-order valence-electron chi connectivity index (χ4n) is 3.42. The van der Waals surface area contributed by atoms with Crippen molar-refractivity contribution in [2.45, 2.75) is 45.7 Å². The van der Waals surface area contributed by atoms with Crippen LogP contribution in [0.3, 0.4) is 0 Å². The predicted molar refractivity (Wildman–Crippen MR) is 92.6 cm³/mol. The summed E-state index contributed by atoms with van der Waals surface area (Å²) in [5, 5.41) is 13.8. The normalized spacial score (nSPS) is 19.3. The molecule has 0 bridgehead atoms. The first kappa shape index (κ1) is 17.4. The number of rotatable bonds is 5. The van der Waals surface area contributed by atoms with Gasteiger partial charge in [-0.25, -0.2) is 9.18 Å². The highest BCUT2D eigenvalue weighted by atomic mass is 19.1. The zero-order valence-corrected chi connectivity index (χ0v) is 14.6. The smallest absolute Gasteiger partial charge is 0.315 e. The number of aromatic nitrogens is 3. The van der Waals surface area contributed by atoms with Crippen LogP contribution >= 0.6 is 0 Å². The van der Waals surface area contributed by atoms with Gasteiger partial charge in [-0.3, -0.25) is 0 Å². The second kappa shape index (κ2) is 7.63. The molecule has 7 heteroatoms. The van der Waals surface area contributed by atoms with E-state index in [0.717, 1.165) is 36.2 Å². The van der Waals surface area contributed by atoms with Crippen LogP contribution in [-0.4, -0.2) is 27.3 Å². The molecule has 0 saturated heterocycles. The number of halogens is 1. The van der Waals surface area contributed by atoms with Crippen molar-refractivity contribution in [2.24, 2.45) is 5.92 Å². The first-order valence-electron chi connectivity index (χ1n) is 8.78. The molecule has 6 nitrogen and oxygen atoms in total. The molecular weight excluding hydrogens is 321 g/mol. The van der Waals surface area contributed by atoms with Gasteiger partial charge in [0.1, 0.15) is 18.0 Å². The van der Waals surface area contributed by atoms with Gasteiger partial charge in [-0.2, -0.15) is 0 Å². The molecule has 1 aromatic heterocycles. The molecule has 1 heterocycles. The van der Waals surface area contributed by atoms with Gasteiger partial charge in [0.25, 0.3) is 0 Å². The van der Waals surface area contributed by atoms with Crippen molar-refractivity contribution >= 4 is 6.03 Å². The summed E-state index contributed by atoms with van der Waals surface area (Å²) < 4.78 is 15.9. The molecule has 0 aliphatic heterocycles. The lowest BCUT2D eigenvalue weighted by Crippen LogP contribution is -2.42. The van der Waals surface area contributed by atoms with Gasteiger partial charge in [-0.1, -0.05) is 26.0 Å². The van der Waals surface area contributed by atoms with Crippen LogP contribution in [0.2, 0.25) is 0 Å². The van der Waals surface area contributed by atoms with E-state index in [1.807, 2.05) is 17.6 Å². The van der Waals surface area contributed by atoms with Crippen molar-refractivity contribution in [3.8, 4) is 0 Å². The third-order valence-electron chi connectivity index (χ3n) is 4.85. The summed E-state index contributed by atoms with van der Waals surface area (Å²) in [5.74, 6) is 0.980. The number of nitrogens with one attached hydrogen (secondary N) is 2. The van der Waals surface area contributed by atoms with E-state index >= 15 is 0 Å². The van der Waals surface area contributed by atoms with Crippen LogP contribution in [0.1, 0.15) is 43.3 Å². The van der Waals surface area contributed by atoms with Crippen molar-refractivity contribution in [1.29, 1.82) is 0 Å². The highest BCUT2D eigenvalue weighted by Crippen LogP contribution is 2.35. The Kier molecular flexibility index (Phi) is 5.31. The zero-order chi connectivity index (χ0) is 17.8. The van der Waals surface area contributed by atoms with Crippen LogP contribution in [0.25, 0.3) is 0 Å². The topological polar surface area (TPSA) is 71.8 Å². The Hall–Kier alpha value is -2.44. The molecule has 0 spiro atoms. The van der Waals surface area contributed by atoms with E-state index in [4.69, 9.17) is 0 Å². The lowest BCUT2D eigenvalue weighted by atomic mass is 9.80. The van der Waals surface area contributed by atoms with Gasteiger partial charge in [-0.05, 0) is 36.0 Å². The van der Waals surface area contributed by atoms with Gasteiger partial charge in [-0.15, -0.1) is 10.2 Å². The fourth-order valence-corrected chi connectivity index (χ4v) is 3.42. The Balaban J connectivity index is 1.59. The summed E-state index contributed by atoms with van der Waals surface area (Å²) >= 11 is 0. The van der Waals surface area contributed by atoms with Gasteiger partial charge in [0.15, 0.2) is 0 Å². The first-order valence-corrected chi connectivity index (χ1v) is 8.78. The molecule has 1 aliphatic carbocycles. The number of aryl methyl sites for hydroxylation is 1. The predicted octanol–water partition coefficient (Wildman–Crippen LogP) is 2.60. The summed E-state index contributed by atoms with van der Waals surface area (Å²) in [6.07, 6.45) is 4.05. The van der Waals surface area contributed by atoms with E-state index in [1.54, 1.807) is 12.4 Å². The number of hydrogen-bond donors (Lipinski definition) is 2. The first-order chi connectivity index (χ1) is 12.1. The van der Waals surface area contributed by atoms with E-state index in [-0.39, 0.29) is 23.8 Å². The third kappa shape index (κ3) is 3.81. The largest absolute Gasteiger partial charge is 0.336 e. The van der Waals surface area contributed by atoms with E-state index in [0.29, 0.717) is 13.1 Å². The number of fused-ring (bicyclic) bond motifs is 1. The van der Waals surface area contributed by atoms with Crippen molar-refractivity contribution < 1.29 is 9.18 Å². The molecular formula is C18H24FN5O. The van der Waals surface area contributed by atoms with E-state index in [1.165, 1.54) is 6.07 Å². The zero-order valence-electron chi connectivity index (χ0n) is 14.6. The number of urea groups is 1. The summed E-state index contributed by atoms with van der Waals surface area (Å²) in [4.78, 5) is 12.3. The van der Waals surface area contributed by atoms with Gasteiger partial charge in [0, 0.05) is 19.5 Å². The molecule has 25 heavy (non-hydrogen) atoms. The van der Waals surface area contributed by atoms with Crippen molar-refractivity contribution in [3.05, 3.63) is 47.3 Å². The van der Waals surface area contributed by atoms with E-state index in [9.17, 15) is 9.18 Å². The molecule has 1 aromatic carbocycles. The molecule has 0 radical (unpaired) electrons. The summed E-state index contributed by atoms with van der Waals surface area (Å²) in [5.41, 5.74) is 1.61. The molecule has 1 aliphatic rings. The molecule has 2 N–H and O–H groups in total. The maximum atomic E-state index is 14.0. The molecule has 0 saturated carbocycles. The molecule has 134 valence electrons. The Morgan fingerprint density at radius 2 is 2.28 bits per heavy atom. The minimum atomic E-state index is -0.236. The minimum Gasteiger partial charge on any atom is -0.336 e. The maximum Gasteiger partial charge on any atom is 0.315 e. The molecule has 2 amide bonds. The number of carbonyl (C=O) groups is 1. The highest BCUT2D eigenvalue weighted by Gasteiger charge is 2.29. The second-order valence-corrected chi connectivity index (χ2v) is 6.50. The molecule has 2 aromatic rings. The summed E-state index contributed by atoms with van der Waals surface area (Å²) in [7, 11) is 0. The van der Waals surface area contributed by atoms with Crippen LogP contribution < -0.4 is 10.6 Å². The minimum absolute atomic E-state index is 0.166. The number of benzene rings is 1.